The average molecular weight is 127 g/mol. The van der Waals surface area contributed by atoms with E-state index in [-0.39, 0.29) is 0 Å². The van der Waals surface area contributed by atoms with Crippen molar-refractivity contribution in [3.05, 3.63) is 0 Å². The second-order valence-electron chi connectivity index (χ2n) is 0.987. The van der Waals surface area contributed by atoms with Crippen LogP contribution >= 0.6 is 9.24 Å². The molecular formula is C2H4F2NOP. The second kappa shape index (κ2) is 1.70. The molecule has 5 heteroatoms. The van der Waals surface area contributed by atoms with E-state index in [0.717, 1.165) is 9.24 Å². The summed E-state index contributed by atoms with van der Waals surface area (Å²) in [7, 11) is 1.02. The average Bonchev–Trinajstić information content (AvgIpc) is 1.31. The number of rotatable bonds is 1. The summed E-state index contributed by atoms with van der Waals surface area (Å²) in [6.07, 6.45) is 0. The summed E-state index contributed by atoms with van der Waals surface area (Å²) in [5, 5.41) is 0. The van der Waals surface area contributed by atoms with E-state index in [1.807, 2.05) is 0 Å². The number of nitrogens with two attached hydrogens (primary N) is 1. The number of carbonyl (C=O) groups is 1. The third-order valence-corrected chi connectivity index (χ3v) is 0.613. The fourth-order valence-electron chi connectivity index (χ4n) is 0. The topological polar surface area (TPSA) is 43.1 Å². The molecule has 0 aromatic rings. The molecule has 0 fully saturated rings. The molecule has 7 heavy (non-hydrogen) atoms. The van der Waals surface area contributed by atoms with Gasteiger partial charge in [0.2, 0.25) is 0 Å². The van der Waals surface area contributed by atoms with Crippen molar-refractivity contribution in [3.63, 3.8) is 0 Å². The predicted octanol–water partition coefficient (Wildman–Crippen LogP) is -0.0604. The molecule has 0 aromatic carbocycles. The Morgan fingerprint density at radius 3 is 1.86 bits per heavy atom. The summed E-state index contributed by atoms with van der Waals surface area (Å²) in [5.41, 5.74) is 0.715. The maximum Gasteiger partial charge on any atom is 0.334 e. The Balaban J connectivity index is 3.79. The molecule has 0 aliphatic heterocycles. The van der Waals surface area contributed by atoms with Gasteiger partial charge in [0.05, 0.1) is 0 Å². The van der Waals surface area contributed by atoms with Crippen molar-refractivity contribution in [2.75, 3.05) is 0 Å². The van der Waals surface area contributed by atoms with Crippen LogP contribution in [0.2, 0.25) is 0 Å². The van der Waals surface area contributed by atoms with E-state index in [2.05, 4.69) is 5.73 Å². The third-order valence-electron chi connectivity index (χ3n) is 0.329. The van der Waals surface area contributed by atoms with Crippen LogP contribution in [0.15, 0.2) is 0 Å². The zero-order chi connectivity index (χ0) is 6.08. The van der Waals surface area contributed by atoms with Crippen molar-refractivity contribution in [1.29, 1.82) is 0 Å². The van der Waals surface area contributed by atoms with Gasteiger partial charge in [-0.25, -0.2) is 0 Å². The first-order chi connectivity index (χ1) is 2.94. The lowest BCUT2D eigenvalue weighted by Gasteiger charge is -2.00. The molecule has 0 saturated heterocycles. The Bertz CT molecular complexity index is 88.2. The molecule has 0 aliphatic rings. The van der Waals surface area contributed by atoms with Gasteiger partial charge in [0.25, 0.3) is 5.91 Å². The van der Waals surface area contributed by atoms with Crippen molar-refractivity contribution < 1.29 is 13.6 Å². The number of alkyl halides is 2. The molecule has 0 aromatic heterocycles. The van der Waals surface area contributed by atoms with Crippen LogP contribution in [0.5, 0.6) is 0 Å². The normalized spacial score (nSPS) is 11.3. The minimum absolute atomic E-state index is 1.02. The quantitative estimate of drug-likeness (QED) is 0.492. The Labute approximate surface area is 41.3 Å². The minimum atomic E-state index is -3.44. The van der Waals surface area contributed by atoms with Gasteiger partial charge in [-0.1, -0.05) is 9.24 Å². The first kappa shape index (κ1) is 6.76. The monoisotopic (exact) mass is 127 g/mol. The highest BCUT2D eigenvalue weighted by molar-refractivity contribution is 7.20. The van der Waals surface area contributed by atoms with E-state index in [0.29, 0.717) is 0 Å². The molecule has 0 rings (SSSR count). The Morgan fingerprint density at radius 2 is 1.86 bits per heavy atom. The van der Waals surface area contributed by atoms with Gasteiger partial charge >= 0.3 is 5.66 Å². The van der Waals surface area contributed by atoms with E-state index in [1.165, 1.54) is 0 Å². The van der Waals surface area contributed by atoms with Crippen molar-refractivity contribution >= 4 is 15.1 Å². The molecule has 0 aliphatic carbocycles. The molecule has 0 bridgehead atoms. The van der Waals surface area contributed by atoms with Gasteiger partial charge in [0, 0.05) is 0 Å². The van der Waals surface area contributed by atoms with Crippen LogP contribution in [0, 0.1) is 0 Å². The van der Waals surface area contributed by atoms with Crippen LogP contribution in [0.25, 0.3) is 0 Å². The smallest absolute Gasteiger partial charge is 0.334 e. The van der Waals surface area contributed by atoms with Crippen LogP contribution in [-0.4, -0.2) is 11.6 Å². The highest BCUT2D eigenvalue weighted by atomic mass is 31.0. The predicted molar refractivity (Wildman–Crippen MR) is 23.9 cm³/mol. The fourth-order valence-corrected chi connectivity index (χ4v) is 0. The minimum Gasteiger partial charge on any atom is -0.364 e. The summed E-state index contributed by atoms with van der Waals surface area (Å²) in [4.78, 5) is 9.47. The van der Waals surface area contributed by atoms with Crippen LogP contribution in [0.4, 0.5) is 8.78 Å². The van der Waals surface area contributed by atoms with Crippen LogP contribution in [0.1, 0.15) is 0 Å². The molecule has 1 atom stereocenters. The second-order valence-corrected chi connectivity index (χ2v) is 1.71. The fraction of sp³-hybridized carbons (Fsp3) is 0.500. The van der Waals surface area contributed by atoms with Gasteiger partial charge in [-0.05, 0) is 0 Å². The van der Waals surface area contributed by atoms with Gasteiger partial charge in [-0.2, -0.15) is 8.78 Å². The number of halogens is 2. The summed E-state index contributed by atoms with van der Waals surface area (Å²) in [6, 6.07) is 0. The van der Waals surface area contributed by atoms with Gasteiger partial charge in [0.15, 0.2) is 0 Å². The summed E-state index contributed by atoms with van der Waals surface area (Å²) >= 11 is 0. The third kappa shape index (κ3) is 2.45. The Hall–Kier alpha value is -0.240. The summed E-state index contributed by atoms with van der Waals surface area (Å²) in [6.45, 7) is 0. The van der Waals surface area contributed by atoms with E-state index in [4.69, 9.17) is 0 Å². The first-order valence-corrected chi connectivity index (χ1v) is 1.99. The zero-order valence-corrected chi connectivity index (χ0v) is 4.47. The standard InChI is InChI=1S/C2H4F2NOP/c3-2(4,7)1(5)6/h7H2,(H2,5,6). The van der Waals surface area contributed by atoms with Gasteiger partial charge < -0.3 is 5.73 Å². The largest absolute Gasteiger partial charge is 0.364 e. The summed E-state index contributed by atoms with van der Waals surface area (Å²) < 4.78 is 22.7. The molecule has 42 valence electrons. The lowest BCUT2D eigenvalue weighted by molar-refractivity contribution is -0.131. The van der Waals surface area contributed by atoms with E-state index >= 15 is 0 Å². The number of primary amides is 1. The molecule has 0 heterocycles. The SMILES string of the molecule is NC(=O)C(F)(F)P. The van der Waals surface area contributed by atoms with Gasteiger partial charge in [-0.15, -0.1) is 0 Å². The van der Waals surface area contributed by atoms with E-state index in [9.17, 15) is 13.6 Å². The maximum atomic E-state index is 11.3. The van der Waals surface area contributed by atoms with Crippen molar-refractivity contribution in [2.24, 2.45) is 5.73 Å². The van der Waals surface area contributed by atoms with Crippen molar-refractivity contribution in [3.8, 4) is 0 Å². The van der Waals surface area contributed by atoms with Crippen LogP contribution in [0.3, 0.4) is 0 Å². The molecule has 2 N–H and O–H groups in total. The Morgan fingerprint density at radius 1 is 1.71 bits per heavy atom. The highest BCUT2D eigenvalue weighted by Crippen LogP contribution is 2.19. The number of amides is 1. The molecule has 0 radical (unpaired) electrons. The number of carbonyl (C=O) groups excluding carboxylic acids is 1. The molecular weight excluding hydrogens is 123 g/mol. The first-order valence-electron chi connectivity index (χ1n) is 1.41. The van der Waals surface area contributed by atoms with Gasteiger partial charge in [-0.3, -0.25) is 4.79 Å². The molecule has 0 spiro atoms. The zero-order valence-electron chi connectivity index (χ0n) is 3.32. The molecule has 0 saturated carbocycles. The van der Waals surface area contributed by atoms with E-state index in [1.54, 1.807) is 0 Å². The molecule has 2 nitrogen and oxygen atoms in total. The van der Waals surface area contributed by atoms with E-state index < -0.39 is 11.6 Å². The maximum absolute atomic E-state index is 11.3. The highest BCUT2D eigenvalue weighted by Gasteiger charge is 2.28. The number of hydrogen-bond donors (Lipinski definition) is 1. The lowest BCUT2D eigenvalue weighted by Crippen LogP contribution is -2.28. The molecule has 1 unspecified atom stereocenters. The number of hydrogen-bond acceptors (Lipinski definition) is 1. The van der Waals surface area contributed by atoms with Gasteiger partial charge in [0.1, 0.15) is 0 Å². The van der Waals surface area contributed by atoms with Crippen LogP contribution in [-0.2, 0) is 4.79 Å². The van der Waals surface area contributed by atoms with Crippen molar-refractivity contribution in [1.82, 2.24) is 0 Å². The van der Waals surface area contributed by atoms with Crippen molar-refractivity contribution in [2.45, 2.75) is 5.66 Å². The van der Waals surface area contributed by atoms with Crippen LogP contribution < -0.4 is 5.73 Å². The lowest BCUT2D eigenvalue weighted by atomic mass is 10.7. The Kier molecular flexibility index (Phi) is 1.64. The molecule has 1 amide bonds. The summed E-state index contributed by atoms with van der Waals surface area (Å²) in [5.74, 6) is -1.63.